The molecule has 0 spiro atoms. The summed E-state index contributed by atoms with van der Waals surface area (Å²) in [5, 5.41) is 3.21. The highest BCUT2D eigenvalue weighted by Gasteiger charge is 2.22. The molecule has 4 heteroatoms. The van der Waals surface area contributed by atoms with Gasteiger partial charge < -0.3 is 10.3 Å². The smallest absolute Gasteiger partial charge is 0.178 e. The standard InChI is InChI=1S/C11H16N4/c1-7-5-6-8-9(13-7)15-10(14-8)11(2,3)12-4/h5-6,12H,1-4H3,(H,13,14,15). The number of nitrogens with zero attached hydrogens (tertiary/aromatic N) is 2. The summed E-state index contributed by atoms with van der Waals surface area (Å²) < 4.78 is 0. The molecule has 2 aromatic heterocycles. The second-order valence-corrected chi connectivity index (χ2v) is 4.28. The number of hydrogen-bond acceptors (Lipinski definition) is 3. The van der Waals surface area contributed by atoms with E-state index in [-0.39, 0.29) is 5.54 Å². The van der Waals surface area contributed by atoms with Gasteiger partial charge in [-0.25, -0.2) is 9.97 Å². The Labute approximate surface area is 89.1 Å². The van der Waals surface area contributed by atoms with Crippen LogP contribution in [0.3, 0.4) is 0 Å². The van der Waals surface area contributed by atoms with Gasteiger partial charge in [0, 0.05) is 5.69 Å². The fourth-order valence-electron chi connectivity index (χ4n) is 1.40. The summed E-state index contributed by atoms with van der Waals surface area (Å²) in [5.74, 6) is 0.915. The van der Waals surface area contributed by atoms with E-state index < -0.39 is 0 Å². The van der Waals surface area contributed by atoms with Gasteiger partial charge in [0.15, 0.2) is 5.65 Å². The van der Waals surface area contributed by atoms with Crippen LogP contribution >= 0.6 is 0 Å². The van der Waals surface area contributed by atoms with Gasteiger partial charge in [0.25, 0.3) is 0 Å². The van der Waals surface area contributed by atoms with Crippen LogP contribution in [0.15, 0.2) is 12.1 Å². The van der Waals surface area contributed by atoms with Gasteiger partial charge in [-0.2, -0.15) is 0 Å². The molecule has 4 nitrogen and oxygen atoms in total. The highest BCUT2D eigenvalue weighted by atomic mass is 15.1. The number of aromatic amines is 1. The third kappa shape index (κ3) is 1.72. The Morgan fingerprint density at radius 3 is 2.67 bits per heavy atom. The maximum absolute atomic E-state index is 4.49. The predicted octanol–water partition coefficient (Wildman–Crippen LogP) is 1.72. The molecule has 0 aliphatic heterocycles. The Bertz CT molecular complexity index is 484. The van der Waals surface area contributed by atoms with Gasteiger partial charge in [0.05, 0.1) is 11.1 Å². The highest BCUT2D eigenvalue weighted by molar-refractivity contribution is 5.70. The molecule has 2 heterocycles. The molecule has 0 aliphatic rings. The van der Waals surface area contributed by atoms with Crippen molar-refractivity contribution in [2.75, 3.05) is 7.05 Å². The van der Waals surface area contributed by atoms with Crippen molar-refractivity contribution in [3.63, 3.8) is 0 Å². The minimum atomic E-state index is -0.158. The lowest BCUT2D eigenvalue weighted by atomic mass is 10.1. The van der Waals surface area contributed by atoms with E-state index in [9.17, 15) is 0 Å². The van der Waals surface area contributed by atoms with Gasteiger partial charge in [-0.1, -0.05) is 0 Å². The van der Waals surface area contributed by atoms with Crippen molar-refractivity contribution in [1.29, 1.82) is 0 Å². The summed E-state index contributed by atoms with van der Waals surface area (Å²) in [6.07, 6.45) is 0. The Balaban J connectivity index is 2.56. The van der Waals surface area contributed by atoms with E-state index in [1.807, 2.05) is 26.1 Å². The van der Waals surface area contributed by atoms with Crippen LogP contribution in [0, 0.1) is 6.92 Å². The molecule has 0 aromatic carbocycles. The largest absolute Gasteiger partial charge is 0.339 e. The lowest BCUT2D eigenvalue weighted by molar-refractivity contribution is 0.421. The van der Waals surface area contributed by atoms with Gasteiger partial charge >= 0.3 is 0 Å². The van der Waals surface area contributed by atoms with E-state index in [1.54, 1.807) is 0 Å². The number of aryl methyl sites for hydroxylation is 1. The summed E-state index contributed by atoms with van der Waals surface area (Å²) >= 11 is 0. The number of nitrogens with one attached hydrogen (secondary N) is 2. The van der Waals surface area contributed by atoms with Crippen molar-refractivity contribution in [1.82, 2.24) is 20.3 Å². The fourth-order valence-corrected chi connectivity index (χ4v) is 1.40. The van der Waals surface area contributed by atoms with Crippen molar-refractivity contribution >= 4 is 11.2 Å². The molecule has 2 rings (SSSR count). The van der Waals surface area contributed by atoms with Gasteiger partial charge in [-0.05, 0) is 40.0 Å². The van der Waals surface area contributed by atoms with Gasteiger partial charge in [0.2, 0.25) is 0 Å². The van der Waals surface area contributed by atoms with E-state index in [1.165, 1.54) is 0 Å². The highest BCUT2D eigenvalue weighted by Crippen LogP contribution is 2.19. The van der Waals surface area contributed by atoms with Gasteiger partial charge in [-0.15, -0.1) is 0 Å². The van der Waals surface area contributed by atoms with Crippen LogP contribution in [0.1, 0.15) is 25.4 Å². The maximum atomic E-state index is 4.49. The molecule has 80 valence electrons. The third-order valence-corrected chi connectivity index (χ3v) is 2.70. The molecule has 0 unspecified atom stereocenters. The molecular weight excluding hydrogens is 188 g/mol. The Morgan fingerprint density at radius 2 is 2.00 bits per heavy atom. The zero-order chi connectivity index (χ0) is 11.1. The second kappa shape index (κ2) is 3.31. The molecule has 2 N–H and O–H groups in total. The van der Waals surface area contributed by atoms with E-state index in [0.29, 0.717) is 0 Å². The van der Waals surface area contributed by atoms with Crippen molar-refractivity contribution in [3.8, 4) is 0 Å². The van der Waals surface area contributed by atoms with Gasteiger partial charge in [0.1, 0.15) is 5.82 Å². The lowest BCUT2D eigenvalue weighted by Crippen LogP contribution is -2.34. The number of imidazole rings is 1. The molecule has 2 aromatic rings. The molecule has 0 amide bonds. The SMILES string of the molecule is CNC(C)(C)c1nc2nc(C)ccc2[nH]1. The molecule has 0 atom stereocenters. The third-order valence-electron chi connectivity index (χ3n) is 2.70. The van der Waals surface area contributed by atoms with Crippen molar-refractivity contribution in [2.24, 2.45) is 0 Å². The van der Waals surface area contributed by atoms with Crippen molar-refractivity contribution in [3.05, 3.63) is 23.7 Å². The molecule has 0 saturated carbocycles. The molecule has 0 aliphatic carbocycles. The summed E-state index contributed by atoms with van der Waals surface area (Å²) in [4.78, 5) is 12.1. The molecule has 0 radical (unpaired) electrons. The molecule has 0 saturated heterocycles. The first-order chi connectivity index (χ1) is 7.03. The fraction of sp³-hybridized carbons (Fsp3) is 0.455. The molecule has 0 fully saturated rings. The van der Waals surface area contributed by atoms with E-state index in [2.05, 4.69) is 34.1 Å². The number of pyridine rings is 1. The Hall–Kier alpha value is -1.42. The zero-order valence-electron chi connectivity index (χ0n) is 9.55. The van der Waals surface area contributed by atoms with Crippen molar-refractivity contribution in [2.45, 2.75) is 26.3 Å². The Kier molecular flexibility index (Phi) is 2.23. The molecule has 0 bridgehead atoms. The summed E-state index contributed by atoms with van der Waals surface area (Å²) in [7, 11) is 1.92. The Morgan fingerprint density at radius 1 is 1.27 bits per heavy atom. The van der Waals surface area contributed by atoms with Crippen LogP contribution in [-0.2, 0) is 5.54 Å². The normalized spacial score (nSPS) is 12.3. The van der Waals surface area contributed by atoms with Crippen LogP contribution in [0.25, 0.3) is 11.2 Å². The summed E-state index contributed by atoms with van der Waals surface area (Å²) in [6, 6.07) is 4.00. The van der Waals surface area contributed by atoms with Crippen LogP contribution in [0.2, 0.25) is 0 Å². The average molecular weight is 204 g/mol. The van der Waals surface area contributed by atoms with E-state index >= 15 is 0 Å². The summed E-state index contributed by atoms with van der Waals surface area (Å²) in [6.45, 7) is 6.13. The first-order valence-corrected chi connectivity index (χ1v) is 5.06. The van der Waals surface area contributed by atoms with E-state index in [4.69, 9.17) is 0 Å². The first kappa shape index (κ1) is 10.1. The summed E-state index contributed by atoms with van der Waals surface area (Å²) in [5.41, 5.74) is 2.60. The average Bonchev–Trinajstić information content (AvgIpc) is 2.61. The molecule has 15 heavy (non-hydrogen) atoms. The monoisotopic (exact) mass is 204 g/mol. The maximum Gasteiger partial charge on any atom is 0.178 e. The number of H-pyrrole nitrogens is 1. The number of rotatable bonds is 2. The minimum Gasteiger partial charge on any atom is -0.339 e. The molecular formula is C11H16N4. The van der Waals surface area contributed by atoms with Crippen LogP contribution in [0.5, 0.6) is 0 Å². The lowest BCUT2D eigenvalue weighted by Gasteiger charge is -2.20. The second-order valence-electron chi connectivity index (χ2n) is 4.28. The first-order valence-electron chi connectivity index (χ1n) is 5.06. The van der Waals surface area contributed by atoms with E-state index in [0.717, 1.165) is 22.7 Å². The van der Waals surface area contributed by atoms with Crippen LogP contribution in [0.4, 0.5) is 0 Å². The van der Waals surface area contributed by atoms with Crippen LogP contribution < -0.4 is 5.32 Å². The zero-order valence-corrected chi connectivity index (χ0v) is 9.55. The quantitative estimate of drug-likeness (QED) is 0.783. The number of aromatic nitrogens is 3. The minimum absolute atomic E-state index is 0.158. The van der Waals surface area contributed by atoms with Crippen molar-refractivity contribution < 1.29 is 0 Å². The topological polar surface area (TPSA) is 53.6 Å². The van der Waals surface area contributed by atoms with Gasteiger partial charge in [-0.3, -0.25) is 0 Å². The predicted molar refractivity (Wildman–Crippen MR) is 60.7 cm³/mol. The number of hydrogen-bond donors (Lipinski definition) is 2. The van der Waals surface area contributed by atoms with Crippen LogP contribution in [-0.4, -0.2) is 22.0 Å². The number of fused-ring (bicyclic) bond motifs is 1.